The molecule has 9 heteroatoms. The van der Waals surface area contributed by atoms with Gasteiger partial charge in [-0.05, 0) is 57.8 Å². The van der Waals surface area contributed by atoms with Crippen LogP contribution < -0.4 is 11.1 Å². The van der Waals surface area contributed by atoms with E-state index in [2.05, 4.69) is 20.2 Å². The lowest BCUT2D eigenvalue weighted by atomic mass is 9.97. The fraction of sp³-hybridized carbons (Fsp3) is 0.474. The largest absolute Gasteiger partial charge is 0.444 e. The Morgan fingerprint density at radius 3 is 2.68 bits per heavy atom. The van der Waals surface area contributed by atoms with Gasteiger partial charge in [0.1, 0.15) is 17.4 Å². The van der Waals surface area contributed by atoms with E-state index < -0.39 is 11.6 Å². The monoisotopic (exact) mass is 505 g/mol. The van der Waals surface area contributed by atoms with Crippen LogP contribution in [0.3, 0.4) is 0 Å². The van der Waals surface area contributed by atoms with Crippen LogP contribution in [0, 0.1) is 31.4 Å². The molecule has 1 saturated heterocycles. The van der Waals surface area contributed by atoms with E-state index in [1.54, 1.807) is 0 Å². The number of halogens is 3. The summed E-state index contributed by atoms with van der Waals surface area (Å²) < 4.78 is 32.4. The van der Waals surface area contributed by atoms with Crippen molar-refractivity contribution < 1.29 is 13.2 Å². The summed E-state index contributed by atoms with van der Waals surface area (Å²) in [4.78, 5) is 11.0. The Morgan fingerprint density at radius 2 is 2.04 bits per heavy atom. The molecular weight excluding hydrogens is 479 g/mol. The molecule has 3 rings (SSSR count). The van der Waals surface area contributed by atoms with E-state index in [0.717, 1.165) is 61.5 Å². The summed E-state index contributed by atoms with van der Waals surface area (Å²) in [6, 6.07) is 3.17. The average Bonchev–Trinajstić information content (AvgIpc) is 2.95. The summed E-state index contributed by atoms with van der Waals surface area (Å²) in [6.07, 6.45) is 1.98. The van der Waals surface area contributed by atoms with E-state index >= 15 is 0 Å². The van der Waals surface area contributed by atoms with Crippen LogP contribution in [-0.2, 0) is 6.54 Å². The van der Waals surface area contributed by atoms with Crippen LogP contribution in [0.1, 0.15) is 30.2 Å². The number of aromatic nitrogens is 1. The Kier molecular flexibility index (Phi) is 8.17. The molecule has 1 aliphatic rings. The van der Waals surface area contributed by atoms with Crippen LogP contribution in [0.25, 0.3) is 0 Å². The maximum atomic E-state index is 13.6. The highest BCUT2D eigenvalue weighted by Gasteiger charge is 2.20. The van der Waals surface area contributed by atoms with Crippen molar-refractivity contribution in [1.82, 2.24) is 9.88 Å². The number of aryl methyl sites for hydroxylation is 2. The van der Waals surface area contributed by atoms with Crippen molar-refractivity contribution in [3.8, 4) is 0 Å². The van der Waals surface area contributed by atoms with E-state index in [-0.39, 0.29) is 35.6 Å². The number of nitrogens with one attached hydrogen (secondary N) is 1. The van der Waals surface area contributed by atoms with Gasteiger partial charge in [0.15, 0.2) is 5.96 Å². The fourth-order valence-corrected chi connectivity index (χ4v) is 3.12. The third kappa shape index (κ3) is 6.13. The van der Waals surface area contributed by atoms with Gasteiger partial charge in [-0.3, -0.25) is 9.89 Å². The maximum Gasteiger partial charge on any atom is 0.208 e. The molecule has 2 heterocycles. The topological polar surface area (TPSA) is 79.7 Å². The summed E-state index contributed by atoms with van der Waals surface area (Å²) >= 11 is 0. The lowest BCUT2D eigenvalue weighted by Gasteiger charge is -2.30. The second-order valence-electron chi connectivity index (χ2n) is 6.94. The molecule has 28 heavy (non-hydrogen) atoms. The van der Waals surface area contributed by atoms with Gasteiger partial charge in [0.05, 0.1) is 17.9 Å². The summed E-state index contributed by atoms with van der Waals surface area (Å²) in [5, 5.41) is 2.62. The molecule has 1 aromatic carbocycles. The molecule has 0 saturated carbocycles. The molecule has 1 aliphatic heterocycles. The van der Waals surface area contributed by atoms with E-state index in [1.807, 2.05) is 13.8 Å². The number of guanidine groups is 1. The molecule has 3 N–H and O–H groups in total. The molecule has 1 fully saturated rings. The number of hydrogen-bond donors (Lipinski definition) is 2. The molecule has 0 aliphatic carbocycles. The number of oxazole rings is 1. The second kappa shape index (κ2) is 10.1. The number of anilines is 1. The maximum absolute atomic E-state index is 13.6. The van der Waals surface area contributed by atoms with Gasteiger partial charge in [-0.15, -0.1) is 24.0 Å². The van der Waals surface area contributed by atoms with Gasteiger partial charge in [-0.2, -0.15) is 0 Å². The fourth-order valence-electron chi connectivity index (χ4n) is 3.12. The molecule has 1 aromatic heterocycles. The van der Waals surface area contributed by atoms with Gasteiger partial charge in [0.25, 0.3) is 0 Å². The number of nitrogens with zero attached hydrogens (tertiary/aromatic N) is 3. The van der Waals surface area contributed by atoms with Crippen molar-refractivity contribution in [2.24, 2.45) is 16.6 Å². The third-order valence-electron chi connectivity index (χ3n) is 4.85. The SMILES string of the molecule is Cc1nc(CN2CCC(CN=C(N)Nc3cc(F)ccc3F)CC2)oc1C.I. The van der Waals surface area contributed by atoms with Crippen LogP contribution in [0.2, 0.25) is 0 Å². The number of likely N-dealkylation sites (tertiary alicyclic amines) is 1. The quantitative estimate of drug-likeness (QED) is 0.367. The van der Waals surface area contributed by atoms with E-state index in [0.29, 0.717) is 19.0 Å². The number of piperidine rings is 1. The molecular formula is C19H26F2IN5O. The first kappa shape index (κ1) is 22.5. The Balaban J connectivity index is 0.00000280. The zero-order valence-electron chi connectivity index (χ0n) is 16.0. The lowest BCUT2D eigenvalue weighted by molar-refractivity contribution is 0.166. The van der Waals surface area contributed by atoms with Gasteiger partial charge < -0.3 is 15.5 Å². The lowest BCUT2D eigenvalue weighted by Crippen LogP contribution is -2.34. The second-order valence-corrected chi connectivity index (χ2v) is 6.94. The van der Waals surface area contributed by atoms with Crippen molar-refractivity contribution >= 4 is 35.6 Å². The minimum atomic E-state index is -0.570. The number of rotatable bonds is 5. The Morgan fingerprint density at radius 1 is 1.32 bits per heavy atom. The molecule has 0 bridgehead atoms. The molecule has 0 unspecified atom stereocenters. The Hall–Kier alpha value is -1.75. The highest BCUT2D eigenvalue weighted by Crippen LogP contribution is 2.20. The highest BCUT2D eigenvalue weighted by atomic mass is 127. The number of hydrogen-bond acceptors (Lipinski definition) is 4. The van der Waals surface area contributed by atoms with Crippen LogP contribution in [0.5, 0.6) is 0 Å². The molecule has 6 nitrogen and oxygen atoms in total. The predicted molar refractivity (Wildman–Crippen MR) is 116 cm³/mol. The van der Waals surface area contributed by atoms with E-state index in [4.69, 9.17) is 10.2 Å². The summed E-state index contributed by atoms with van der Waals surface area (Å²) in [6.45, 7) is 7.01. The zero-order valence-corrected chi connectivity index (χ0v) is 18.4. The Labute approximate surface area is 180 Å². The van der Waals surface area contributed by atoms with Crippen molar-refractivity contribution in [2.45, 2.75) is 33.2 Å². The van der Waals surface area contributed by atoms with Crippen LogP contribution in [0.15, 0.2) is 27.6 Å². The molecule has 0 amide bonds. The number of aliphatic imine (C=N–C) groups is 1. The molecule has 154 valence electrons. The van der Waals surface area contributed by atoms with E-state index in [1.165, 1.54) is 0 Å². The highest BCUT2D eigenvalue weighted by molar-refractivity contribution is 14.0. The minimum Gasteiger partial charge on any atom is -0.444 e. The Bertz CT molecular complexity index is 799. The first-order valence-corrected chi connectivity index (χ1v) is 9.08. The first-order chi connectivity index (χ1) is 12.9. The summed E-state index contributed by atoms with van der Waals surface area (Å²) in [5.74, 6) is 1.02. The van der Waals surface area contributed by atoms with Gasteiger partial charge in [-0.25, -0.2) is 13.8 Å². The average molecular weight is 505 g/mol. The normalized spacial score (nSPS) is 16.1. The van der Waals surface area contributed by atoms with Crippen molar-refractivity contribution in [1.29, 1.82) is 0 Å². The smallest absolute Gasteiger partial charge is 0.208 e. The summed E-state index contributed by atoms with van der Waals surface area (Å²) in [7, 11) is 0. The van der Waals surface area contributed by atoms with Crippen molar-refractivity contribution in [2.75, 3.05) is 25.0 Å². The molecule has 0 spiro atoms. The number of nitrogens with two attached hydrogens (primary N) is 1. The molecule has 2 aromatic rings. The van der Waals surface area contributed by atoms with Crippen molar-refractivity contribution in [3.05, 3.63) is 47.2 Å². The first-order valence-electron chi connectivity index (χ1n) is 9.08. The molecule has 0 atom stereocenters. The molecule has 0 radical (unpaired) electrons. The van der Waals surface area contributed by atoms with Crippen LogP contribution in [-0.4, -0.2) is 35.5 Å². The standard InChI is InChI=1S/C19H25F2N5O.HI/c1-12-13(2)27-18(24-12)11-26-7-5-14(6-8-26)10-23-19(22)25-17-9-15(20)3-4-16(17)21;/h3-4,9,14H,5-8,10-11H2,1-2H3,(H3,22,23,25);1H. The van der Waals surface area contributed by atoms with Gasteiger partial charge in [-0.1, -0.05) is 0 Å². The minimum absolute atomic E-state index is 0. The van der Waals surface area contributed by atoms with Crippen LogP contribution in [0.4, 0.5) is 14.5 Å². The number of benzene rings is 1. The zero-order chi connectivity index (χ0) is 19.4. The van der Waals surface area contributed by atoms with E-state index in [9.17, 15) is 8.78 Å². The van der Waals surface area contributed by atoms with Crippen LogP contribution >= 0.6 is 24.0 Å². The van der Waals surface area contributed by atoms with Gasteiger partial charge in [0.2, 0.25) is 5.89 Å². The van der Waals surface area contributed by atoms with Gasteiger partial charge in [0, 0.05) is 12.6 Å². The van der Waals surface area contributed by atoms with Crippen molar-refractivity contribution in [3.63, 3.8) is 0 Å². The van der Waals surface area contributed by atoms with Gasteiger partial charge >= 0.3 is 0 Å². The summed E-state index contributed by atoms with van der Waals surface area (Å²) in [5.41, 5.74) is 6.73. The predicted octanol–water partition coefficient (Wildman–Crippen LogP) is 3.83. The third-order valence-corrected chi connectivity index (χ3v) is 4.85.